The number of nitro benzene ring substituents is 1. The molecule has 4 amide bonds. The van der Waals surface area contributed by atoms with Crippen LogP contribution in [0.25, 0.3) is 0 Å². The van der Waals surface area contributed by atoms with E-state index in [0.29, 0.717) is 5.69 Å². The number of non-ortho nitro benzene ring substituents is 1. The van der Waals surface area contributed by atoms with Crippen LogP contribution in [0.15, 0.2) is 36.4 Å². The smallest absolute Gasteiger partial charge is 0.324 e. The van der Waals surface area contributed by atoms with Gasteiger partial charge in [0.2, 0.25) is 5.91 Å². The molecule has 9 nitrogen and oxygen atoms in total. The molecular weight excluding hydrogens is 388 g/mol. The van der Waals surface area contributed by atoms with Gasteiger partial charge >= 0.3 is 6.03 Å². The maximum absolute atomic E-state index is 13.0. The Morgan fingerprint density at radius 3 is 2.40 bits per heavy atom. The van der Waals surface area contributed by atoms with Gasteiger partial charge in [0, 0.05) is 17.8 Å². The summed E-state index contributed by atoms with van der Waals surface area (Å²) in [5, 5.41) is 16.4. The molecule has 0 radical (unpaired) electrons. The highest BCUT2D eigenvalue weighted by Gasteiger charge is 2.49. The summed E-state index contributed by atoms with van der Waals surface area (Å²) in [5.74, 6) is -1.17. The molecule has 1 aliphatic rings. The average molecular weight is 410 g/mol. The third-order valence-corrected chi connectivity index (χ3v) is 5.15. The molecule has 0 aliphatic carbocycles. The zero-order chi connectivity index (χ0) is 22.2. The fourth-order valence-electron chi connectivity index (χ4n) is 3.67. The second kappa shape index (κ2) is 7.58. The van der Waals surface area contributed by atoms with Gasteiger partial charge in [-0.2, -0.15) is 0 Å². The Bertz CT molecular complexity index is 1060. The Labute approximate surface area is 173 Å². The summed E-state index contributed by atoms with van der Waals surface area (Å²) in [6.07, 6.45) is 0. The highest BCUT2D eigenvalue weighted by atomic mass is 16.6. The fourth-order valence-corrected chi connectivity index (χ4v) is 3.67. The maximum Gasteiger partial charge on any atom is 0.325 e. The summed E-state index contributed by atoms with van der Waals surface area (Å²) < 4.78 is 0. The number of amides is 4. The zero-order valence-electron chi connectivity index (χ0n) is 17.1. The van der Waals surface area contributed by atoms with Crippen molar-refractivity contribution >= 4 is 29.2 Å². The third kappa shape index (κ3) is 3.73. The Balaban J connectivity index is 1.81. The Kier molecular flexibility index (Phi) is 5.30. The van der Waals surface area contributed by atoms with Crippen molar-refractivity contribution in [1.29, 1.82) is 0 Å². The van der Waals surface area contributed by atoms with Gasteiger partial charge in [0.25, 0.3) is 11.6 Å². The number of anilines is 1. The molecule has 1 unspecified atom stereocenters. The number of hydrogen-bond acceptors (Lipinski definition) is 5. The molecule has 2 N–H and O–H groups in total. The fraction of sp³-hybridized carbons (Fsp3) is 0.286. The van der Waals surface area contributed by atoms with E-state index < -0.39 is 34.9 Å². The van der Waals surface area contributed by atoms with Crippen LogP contribution in [0.4, 0.5) is 16.2 Å². The van der Waals surface area contributed by atoms with Gasteiger partial charge in [-0.1, -0.05) is 29.8 Å². The molecule has 2 aromatic carbocycles. The number of aryl methyl sites for hydroxylation is 3. The number of urea groups is 1. The summed E-state index contributed by atoms with van der Waals surface area (Å²) >= 11 is 0. The Morgan fingerprint density at radius 2 is 1.80 bits per heavy atom. The summed E-state index contributed by atoms with van der Waals surface area (Å²) in [6.45, 7) is 6.67. The van der Waals surface area contributed by atoms with Gasteiger partial charge in [0.05, 0.1) is 4.92 Å². The highest BCUT2D eigenvalue weighted by Crippen LogP contribution is 2.31. The minimum atomic E-state index is -1.50. The van der Waals surface area contributed by atoms with Gasteiger partial charge in [-0.25, -0.2) is 4.79 Å². The van der Waals surface area contributed by atoms with E-state index in [1.54, 1.807) is 0 Å². The van der Waals surface area contributed by atoms with Crippen molar-refractivity contribution in [1.82, 2.24) is 10.2 Å². The number of imide groups is 1. The van der Waals surface area contributed by atoms with Crippen molar-refractivity contribution in [3.63, 3.8) is 0 Å². The molecule has 1 aliphatic heterocycles. The van der Waals surface area contributed by atoms with Gasteiger partial charge in [0.1, 0.15) is 12.1 Å². The maximum atomic E-state index is 13.0. The first-order chi connectivity index (χ1) is 14.0. The van der Waals surface area contributed by atoms with E-state index >= 15 is 0 Å². The van der Waals surface area contributed by atoms with Crippen LogP contribution in [0.3, 0.4) is 0 Å². The van der Waals surface area contributed by atoms with Crippen LogP contribution in [-0.4, -0.2) is 34.2 Å². The lowest BCUT2D eigenvalue weighted by Crippen LogP contribution is -2.42. The first kappa shape index (κ1) is 21.0. The van der Waals surface area contributed by atoms with Crippen LogP contribution >= 0.6 is 0 Å². The van der Waals surface area contributed by atoms with E-state index in [1.807, 2.05) is 32.9 Å². The summed E-state index contributed by atoms with van der Waals surface area (Å²) in [7, 11) is 0. The van der Waals surface area contributed by atoms with Crippen molar-refractivity contribution in [3.8, 4) is 0 Å². The quantitative estimate of drug-likeness (QED) is 0.446. The molecule has 9 heteroatoms. The molecule has 1 atom stereocenters. The SMILES string of the molecule is Cc1cc(C)c(NC(=O)CN2C(=O)NC(C)(c3cccc([N+](=O)[O-])c3)C2=O)c(C)c1. The van der Waals surface area contributed by atoms with Crippen LogP contribution in [0, 0.1) is 30.9 Å². The second-order valence-electron chi connectivity index (χ2n) is 7.58. The Morgan fingerprint density at radius 1 is 1.17 bits per heavy atom. The van der Waals surface area contributed by atoms with Crippen LogP contribution in [0.1, 0.15) is 29.2 Å². The molecular formula is C21H22N4O5. The first-order valence-electron chi connectivity index (χ1n) is 9.29. The predicted octanol–water partition coefficient (Wildman–Crippen LogP) is 2.93. The largest absolute Gasteiger partial charge is 0.325 e. The highest BCUT2D eigenvalue weighted by molar-refractivity contribution is 6.10. The standard InChI is InChI=1S/C21H22N4O5/c1-12-8-13(2)18(14(3)9-12)22-17(26)11-24-19(27)21(4,23-20(24)28)15-6-5-7-16(10-15)25(29)30/h5-10H,11H2,1-4H3,(H,22,26)(H,23,28). The molecule has 1 heterocycles. The third-order valence-electron chi connectivity index (χ3n) is 5.15. The van der Waals surface area contributed by atoms with Crippen LogP contribution < -0.4 is 10.6 Å². The molecule has 1 saturated heterocycles. The molecule has 0 spiro atoms. The van der Waals surface area contributed by atoms with Crippen LogP contribution in [0.5, 0.6) is 0 Å². The molecule has 30 heavy (non-hydrogen) atoms. The zero-order valence-corrected chi connectivity index (χ0v) is 17.1. The molecule has 1 fully saturated rings. The van der Waals surface area contributed by atoms with Gasteiger partial charge in [-0.3, -0.25) is 24.6 Å². The predicted molar refractivity (Wildman–Crippen MR) is 110 cm³/mol. The lowest BCUT2D eigenvalue weighted by atomic mass is 9.91. The summed E-state index contributed by atoms with van der Waals surface area (Å²) in [4.78, 5) is 49.3. The number of carbonyl (C=O) groups is 3. The number of rotatable bonds is 5. The number of nitro groups is 1. The van der Waals surface area contributed by atoms with E-state index in [4.69, 9.17) is 0 Å². The lowest BCUT2D eigenvalue weighted by molar-refractivity contribution is -0.385. The number of nitrogens with zero attached hydrogens (tertiary/aromatic N) is 2. The van der Waals surface area contributed by atoms with Crippen molar-refractivity contribution in [2.45, 2.75) is 33.2 Å². The number of nitrogens with one attached hydrogen (secondary N) is 2. The summed E-state index contributed by atoms with van der Waals surface area (Å²) in [5.41, 5.74) is 2.02. The normalized spacial score (nSPS) is 18.3. The van der Waals surface area contributed by atoms with Gasteiger partial charge < -0.3 is 10.6 Å². The van der Waals surface area contributed by atoms with Crippen molar-refractivity contribution < 1.29 is 19.3 Å². The van der Waals surface area contributed by atoms with E-state index in [9.17, 15) is 24.5 Å². The average Bonchev–Trinajstić information content (AvgIpc) is 2.89. The van der Waals surface area contributed by atoms with Gasteiger partial charge in [-0.15, -0.1) is 0 Å². The van der Waals surface area contributed by atoms with Crippen molar-refractivity contribution in [3.05, 3.63) is 68.8 Å². The molecule has 156 valence electrons. The monoisotopic (exact) mass is 410 g/mol. The number of hydrogen-bond donors (Lipinski definition) is 2. The minimum absolute atomic E-state index is 0.197. The lowest BCUT2D eigenvalue weighted by Gasteiger charge is -2.22. The van der Waals surface area contributed by atoms with Gasteiger partial charge in [-0.05, 0) is 44.4 Å². The molecule has 0 aromatic heterocycles. The van der Waals surface area contributed by atoms with Crippen LogP contribution in [0.2, 0.25) is 0 Å². The summed E-state index contributed by atoms with van der Waals surface area (Å²) in [6, 6.07) is 8.61. The van der Waals surface area contributed by atoms with E-state index in [1.165, 1.54) is 31.2 Å². The molecule has 3 rings (SSSR count). The van der Waals surface area contributed by atoms with Crippen molar-refractivity contribution in [2.75, 3.05) is 11.9 Å². The minimum Gasteiger partial charge on any atom is -0.324 e. The molecule has 0 bridgehead atoms. The first-order valence-corrected chi connectivity index (χ1v) is 9.29. The molecule has 0 saturated carbocycles. The van der Waals surface area contributed by atoms with E-state index in [0.717, 1.165) is 21.6 Å². The number of benzene rings is 2. The number of carbonyl (C=O) groups excluding carboxylic acids is 3. The van der Waals surface area contributed by atoms with E-state index in [-0.39, 0.29) is 11.3 Å². The second-order valence-corrected chi connectivity index (χ2v) is 7.58. The van der Waals surface area contributed by atoms with Gasteiger partial charge in [0.15, 0.2) is 0 Å². The Hall–Kier alpha value is -3.75. The van der Waals surface area contributed by atoms with E-state index in [2.05, 4.69) is 10.6 Å². The van der Waals surface area contributed by atoms with Crippen molar-refractivity contribution in [2.24, 2.45) is 0 Å². The van der Waals surface area contributed by atoms with Crippen LogP contribution in [-0.2, 0) is 15.1 Å². The topological polar surface area (TPSA) is 122 Å². The molecule has 2 aromatic rings.